The molecule has 1 saturated heterocycles. The maximum Gasteiger partial charge on any atom is 0.309 e. The van der Waals surface area contributed by atoms with Crippen molar-refractivity contribution in [1.82, 2.24) is 14.7 Å². The van der Waals surface area contributed by atoms with Gasteiger partial charge in [0.2, 0.25) is 0 Å². The van der Waals surface area contributed by atoms with Crippen LogP contribution in [0.3, 0.4) is 0 Å². The first-order valence-corrected chi connectivity index (χ1v) is 6.54. The Morgan fingerprint density at radius 3 is 3.11 bits per heavy atom. The molecule has 1 aromatic heterocycles. The molecule has 100 valence electrons. The third kappa shape index (κ3) is 3.10. The largest absolute Gasteiger partial charge is 0.469 e. The highest BCUT2D eigenvalue weighted by atomic mass is 16.5. The number of rotatable bonds is 4. The Kier molecular flexibility index (Phi) is 4.36. The minimum Gasteiger partial charge on any atom is -0.469 e. The maximum atomic E-state index is 11.5. The van der Waals surface area contributed by atoms with E-state index in [4.69, 9.17) is 4.74 Å². The SMILES string of the molecule is CCn1cc(CN2CCC[C@H](C(=O)OC)C2)cn1. The van der Waals surface area contributed by atoms with Crippen LogP contribution < -0.4 is 0 Å². The summed E-state index contributed by atoms with van der Waals surface area (Å²) in [7, 11) is 1.46. The molecule has 0 aliphatic carbocycles. The van der Waals surface area contributed by atoms with Crippen LogP contribution in [0.1, 0.15) is 25.3 Å². The number of methoxy groups -OCH3 is 1. The van der Waals surface area contributed by atoms with E-state index in [1.165, 1.54) is 12.7 Å². The summed E-state index contributed by atoms with van der Waals surface area (Å²) in [6.45, 7) is 5.68. The van der Waals surface area contributed by atoms with Crippen LogP contribution in [0.2, 0.25) is 0 Å². The second kappa shape index (κ2) is 6.00. The molecule has 1 fully saturated rings. The van der Waals surface area contributed by atoms with E-state index in [-0.39, 0.29) is 11.9 Å². The Bertz CT molecular complexity index is 403. The van der Waals surface area contributed by atoms with Crippen molar-refractivity contribution in [3.8, 4) is 0 Å². The summed E-state index contributed by atoms with van der Waals surface area (Å²) in [5.74, 6) is -0.0473. The molecule has 0 radical (unpaired) electrons. The predicted octanol–water partition coefficient (Wildman–Crippen LogP) is 1.29. The van der Waals surface area contributed by atoms with Crippen LogP contribution in [0, 0.1) is 5.92 Å². The molecular weight excluding hydrogens is 230 g/mol. The van der Waals surface area contributed by atoms with Crippen molar-refractivity contribution >= 4 is 5.97 Å². The Morgan fingerprint density at radius 1 is 1.61 bits per heavy atom. The normalized spacial score (nSPS) is 20.9. The Labute approximate surface area is 108 Å². The molecule has 1 atom stereocenters. The number of nitrogens with zero attached hydrogens (tertiary/aromatic N) is 3. The molecule has 18 heavy (non-hydrogen) atoms. The van der Waals surface area contributed by atoms with Crippen LogP contribution in [-0.4, -0.2) is 40.8 Å². The molecule has 5 nitrogen and oxygen atoms in total. The summed E-state index contributed by atoms with van der Waals surface area (Å²) in [6, 6.07) is 0. The summed E-state index contributed by atoms with van der Waals surface area (Å²) in [6.07, 6.45) is 5.98. The van der Waals surface area contributed by atoms with E-state index >= 15 is 0 Å². The van der Waals surface area contributed by atoms with E-state index in [1.807, 2.05) is 10.9 Å². The molecule has 0 bridgehead atoms. The Morgan fingerprint density at radius 2 is 2.44 bits per heavy atom. The van der Waals surface area contributed by atoms with E-state index in [0.717, 1.165) is 39.0 Å². The molecule has 0 amide bonds. The fourth-order valence-corrected chi connectivity index (χ4v) is 2.48. The summed E-state index contributed by atoms with van der Waals surface area (Å²) >= 11 is 0. The topological polar surface area (TPSA) is 47.4 Å². The first-order valence-electron chi connectivity index (χ1n) is 6.54. The third-order valence-corrected chi connectivity index (χ3v) is 3.46. The molecule has 0 N–H and O–H groups in total. The summed E-state index contributed by atoms with van der Waals surface area (Å²) in [5.41, 5.74) is 1.21. The molecule has 2 rings (SSSR count). The fourth-order valence-electron chi connectivity index (χ4n) is 2.48. The maximum absolute atomic E-state index is 11.5. The van der Waals surface area contributed by atoms with E-state index in [2.05, 4.69) is 23.1 Å². The lowest BCUT2D eigenvalue weighted by atomic mass is 9.98. The number of aryl methyl sites for hydroxylation is 1. The minimum atomic E-state index is -0.0797. The molecule has 2 heterocycles. The van der Waals surface area contributed by atoms with Crippen LogP contribution in [0.5, 0.6) is 0 Å². The number of carbonyl (C=O) groups is 1. The van der Waals surface area contributed by atoms with Gasteiger partial charge in [-0.05, 0) is 26.3 Å². The van der Waals surface area contributed by atoms with Gasteiger partial charge >= 0.3 is 5.97 Å². The van der Waals surface area contributed by atoms with E-state index < -0.39 is 0 Å². The minimum absolute atomic E-state index is 0.0324. The zero-order valence-electron chi connectivity index (χ0n) is 11.1. The standard InChI is InChI=1S/C13H21N3O2/c1-3-16-9-11(7-14-16)8-15-6-4-5-12(10-15)13(17)18-2/h7,9,12H,3-6,8,10H2,1-2H3/t12-/m0/s1. The molecule has 1 aliphatic rings. The van der Waals surface area contributed by atoms with Gasteiger partial charge in [0.1, 0.15) is 0 Å². The van der Waals surface area contributed by atoms with Crippen molar-refractivity contribution in [1.29, 1.82) is 0 Å². The average Bonchev–Trinajstić information content (AvgIpc) is 2.86. The van der Waals surface area contributed by atoms with Crippen LogP contribution in [0.15, 0.2) is 12.4 Å². The molecule has 1 aliphatic heterocycles. The smallest absolute Gasteiger partial charge is 0.309 e. The van der Waals surface area contributed by atoms with Crippen molar-refractivity contribution in [2.24, 2.45) is 5.92 Å². The highest BCUT2D eigenvalue weighted by Gasteiger charge is 2.26. The number of piperidine rings is 1. The van der Waals surface area contributed by atoms with E-state index in [9.17, 15) is 4.79 Å². The highest BCUT2D eigenvalue weighted by molar-refractivity contribution is 5.72. The zero-order chi connectivity index (χ0) is 13.0. The molecule has 5 heteroatoms. The number of carbonyl (C=O) groups excluding carboxylic acids is 1. The average molecular weight is 251 g/mol. The molecular formula is C13H21N3O2. The van der Waals surface area contributed by atoms with Gasteiger partial charge in [-0.25, -0.2) is 0 Å². The van der Waals surface area contributed by atoms with Gasteiger partial charge in [0.25, 0.3) is 0 Å². The lowest BCUT2D eigenvalue weighted by Gasteiger charge is -2.30. The van der Waals surface area contributed by atoms with Crippen LogP contribution in [0.25, 0.3) is 0 Å². The second-order valence-electron chi connectivity index (χ2n) is 4.80. The first kappa shape index (κ1) is 13.1. The van der Waals surface area contributed by atoms with E-state index in [0.29, 0.717) is 0 Å². The second-order valence-corrected chi connectivity index (χ2v) is 4.80. The lowest BCUT2D eigenvalue weighted by Crippen LogP contribution is -2.38. The van der Waals surface area contributed by atoms with Crippen LogP contribution in [-0.2, 0) is 22.6 Å². The molecule has 0 spiro atoms. The number of ether oxygens (including phenoxy) is 1. The third-order valence-electron chi connectivity index (χ3n) is 3.46. The Balaban J connectivity index is 1.91. The van der Waals surface area contributed by atoms with Gasteiger partial charge in [-0.3, -0.25) is 14.4 Å². The molecule has 0 aromatic carbocycles. The number of aromatic nitrogens is 2. The van der Waals surface area contributed by atoms with Crippen molar-refractivity contribution in [2.45, 2.75) is 32.9 Å². The molecule has 0 saturated carbocycles. The number of esters is 1. The lowest BCUT2D eigenvalue weighted by molar-refractivity contribution is -0.147. The summed E-state index contributed by atoms with van der Waals surface area (Å²) in [4.78, 5) is 13.9. The fraction of sp³-hybridized carbons (Fsp3) is 0.692. The van der Waals surface area contributed by atoms with Gasteiger partial charge in [0, 0.05) is 31.4 Å². The van der Waals surface area contributed by atoms with Crippen molar-refractivity contribution in [3.63, 3.8) is 0 Å². The van der Waals surface area contributed by atoms with Crippen LogP contribution in [0.4, 0.5) is 0 Å². The van der Waals surface area contributed by atoms with Gasteiger partial charge in [0.15, 0.2) is 0 Å². The molecule has 0 unspecified atom stereocenters. The summed E-state index contributed by atoms with van der Waals surface area (Å²) < 4.78 is 6.76. The quantitative estimate of drug-likeness (QED) is 0.757. The van der Waals surface area contributed by atoms with Crippen molar-refractivity contribution < 1.29 is 9.53 Å². The number of likely N-dealkylation sites (tertiary alicyclic amines) is 1. The number of hydrogen-bond donors (Lipinski definition) is 0. The first-order chi connectivity index (χ1) is 8.72. The van der Waals surface area contributed by atoms with Gasteiger partial charge < -0.3 is 4.74 Å². The highest BCUT2D eigenvalue weighted by Crippen LogP contribution is 2.19. The van der Waals surface area contributed by atoms with Gasteiger partial charge in [0.05, 0.1) is 19.2 Å². The van der Waals surface area contributed by atoms with Crippen molar-refractivity contribution in [3.05, 3.63) is 18.0 Å². The van der Waals surface area contributed by atoms with Gasteiger partial charge in [-0.15, -0.1) is 0 Å². The van der Waals surface area contributed by atoms with Gasteiger partial charge in [-0.1, -0.05) is 0 Å². The molecule has 1 aromatic rings. The zero-order valence-corrected chi connectivity index (χ0v) is 11.1. The monoisotopic (exact) mass is 251 g/mol. The van der Waals surface area contributed by atoms with E-state index in [1.54, 1.807) is 0 Å². The van der Waals surface area contributed by atoms with Crippen molar-refractivity contribution in [2.75, 3.05) is 20.2 Å². The van der Waals surface area contributed by atoms with Gasteiger partial charge in [-0.2, -0.15) is 5.10 Å². The summed E-state index contributed by atoms with van der Waals surface area (Å²) in [5, 5.41) is 4.27. The van der Waals surface area contributed by atoms with Crippen LogP contribution >= 0.6 is 0 Å². The predicted molar refractivity (Wildman–Crippen MR) is 67.9 cm³/mol. The Hall–Kier alpha value is -1.36. The number of hydrogen-bond acceptors (Lipinski definition) is 4.